The van der Waals surface area contributed by atoms with Gasteiger partial charge in [-0.3, -0.25) is 9.78 Å². The lowest BCUT2D eigenvalue weighted by Gasteiger charge is -2.12. The molecule has 0 radical (unpaired) electrons. The van der Waals surface area contributed by atoms with Crippen molar-refractivity contribution in [2.75, 3.05) is 5.73 Å². The Labute approximate surface area is 129 Å². The minimum atomic E-state index is -1.33. The van der Waals surface area contributed by atoms with Crippen molar-refractivity contribution >= 4 is 23.0 Å². The minimum absolute atomic E-state index is 0.000378. The van der Waals surface area contributed by atoms with Gasteiger partial charge < -0.3 is 15.8 Å². The van der Waals surface area contributed by atoms with Crippen molar-refractivity contribution in [1.29, 1.82) is 0 Å². The number of halogens is 1. The Morgan fingerprint density at radius 2 is 2.17 bits per heavy atom. The average Bonchev–Trinajstić information content (AvgIpc) is 2.89. The van der Waals surface area contributed by atoms with Crippen molar-refractivity contribution in [3.63, 3.8) is 0 Å². The first-order chi connectivity index (χ1) is 10.9. The second kappa shape index (κ2) is 5.24. The number of fused-ring (bicyclic) bond motifs is 1. The van der Waals surface area contributed by atoms with Crippen LogP contribution in [0.25, 0.3) is 11.0 Å². The first-order valence-electron chi connectivity index (χ1n) is 6.78. The summed E-state index contributed by atoms with van der Waals surface area (Å²) < 4.78 is 13.9. The molecule has 0 fully saturated rings. The lowest BCUT2D eigenvalue weighted by Crippen LogP contribution is -2.12. The molecule has 0 aliphatic carbocycles. The summed E-state index contributed by atoms with van der Waals surface area (Å²) in [6.07, 6.45) is 1.61. The second-order valence-electron chi connectivity index (χ2n) is 5.18. The monoisotopic (exact) mass is 316 g/mol. The van der Waals surface area contributed by atoms with Gasteiger partial charge in [0.05, 0.1) is 10.9 Å². The van der Waals surface area contributed by atoms with E-state index in [0.29, 0.717) is 22.2 Å². The average molecular weight is 316 g/mol. The van der Waals surface area contributed by atoms with Crippen LogP contribution in [0.3, 0.4) is 0 Å². The van der Waals surface area contributed by atoms with Gasteiger partial charge in [-0.1, -0.05) is 13.0 Å². The predicted octanol–water partition coefficient (Wildman–Crippen LogP) is 1.82. The number of aromatic nitrogens is 3. The lowest BCUT2D eigenvalue weighted by molar-refractivity contribution is 0.0692. The summed E-state index contributed by atoms with van der Waals surface area (Å²) in [5, 5.41) is 9.21. The molecule has 2 aromatic heterocycles. The molecule has 0 spiro atoms. The van der Waals surface area contributed by atoms with Gasteiger partial charge in [-0.05, 0) is 23.3 Å². The number of carboxylic acid groups (broad SMARTS) is 1. The molecule has 0 bridgehead atoms. The van der Waals surface area contributed by atoms with Crippen molar-refractivity contribution < 1.29 is 14.3 Å². The van der Waals surface area contributed by atoms with E-state index in [1.807, 2.05) is 0 Å². The van der Waals surface area contributed by atoms with Gasteiger partial charge in [0, 0.05) is 12.1 Å². The van der Waals surface area contributed by atoms with Crippen molar-refractivity contribution in [3.8, 4) is 0 Å². The van der Waals surface area contributed by atoms with Crippen LogP contribution in [0.2, 0.25) is 0 Å². The molecule has 3 rings (SSSR count). The molecule has 1 unspecified atom stereocenters. The fourth-order valence-corrected chi connectivity index (χ4v) is 2.58. The summed E-state index contributed by atoms with van der Waals surface area (Å²) in [7, 11) is 0. The van der Waals surface area contributed by atoms with Gasteiger partial charge >= 0.3 is 5.97 Å². The zero-order chi connectivity index (χ0) is 16.7. The maximum absolute atomic E-state index is 13.9. The maximum Gasteiger partial charge on any atom is 0.338 e. The molecule has 2 heterocycles. The molecule has 0 aliphatic rings. The predicted molar refractivity (Wildman–Crippen MR) is 82.0 cm³/mol. The number of hydrogen-bond donors (Lipinski definition) is 4. The first-order valence-corrected chi connectivity index (χ1v) is 6.78. The number of nitrogens with one attached hydrogen (secondary N) is 2. The molecule has 7 nitrogen and oxygen atoms in total. The van der Waals surface area contributed by atoms with Crippen LogP contribution in [0.15, 0.2) is 29.2 Å². The van der Waals surface area contributed by atoms with Crippen molar-refractivity contribution in [2.45, 2.75) is 12.8 Å². The summed E-state index contributed by atoms with van der Waals surface area (Å²) in [5.74, 6) is -2.49. The molecule has 1 atom stereocenters. The number of carbonyl (C=O) groups is 1. The van der Waals surface area contributed by atoms with Gasteiger partial charge in [0.25, 0.3) is 5.56 Å². The molecule has 8 heteroatoms. The summed E-state index contributed by atoms with van der Waals surface area (Å²) in [6.45, 7) is 1.79. The number of nitrogens with zero attached hydrogens (tertiary/aromatic N) is 1. The van der Waals surface area contributed by atoms with Crippen LogP contribution < -0.4 is 11.3 Å². The SMILES string of the molecule is CC(c1ccc(C(=O)O)c(F)c1)c1c[nH]c2nc(N)[nH]c(=O)c12. The molecule has 3 aromatic rings. The standard InChI is InChI=1S/C15H13FN4O3/c1-6(7-2-3-8(14(22)23)10(16)4-7)9-5-18-12-11(9)13(21)20-15(17)19-12/h2-6H,1H3,(H,22,23)(H4,17,18,19,20,21). The van der Waals surface area contributed by atoms with Gasteiger partial charge in [0.2, 0.25) is 5.95 Å². The van der Waals surface area contributed by atoms with E-state index in [2.05, 4.69) is 15.0 Å². The number of nitrogens with two attached hydrogens (primary N) is 1. The number of rotatable bonds is 3. The second-order valence-corrected chi connectivity index (χ2v) is 5.18. The van der Waals surface area contributed by atoms with Gasteiger partial charge in [0.15, 0.2) is 0 Å². The third kappa shape index (κ3) is 2.44. The highest BCUT2D eigenvalue weighted by Crippen LogP contribution is 2.29. The van der Waals surface area contributed by atoms with Gasteiger partial charge in [-0.15, -0.1) is 0 Å². The Balaban J connectivity index is 2.11. The van der Waals surface area contributed by atoms with E-state index in [-0.39, 0.29) is 11.9 Å². The Kier molecular flexibility index (Phi) is 3.36. The fraction of sp³-hybridized carbons (Fsp3) is 0.133. The van der Waals surface area contributed by atoms with E-state index in [0.717, 1.165) is 6.07 Å². The number of anilines is 1. The van der Waals surface area contributed by atoms with E-state index in [9.17, 15) is 14.0 Å². The summed E-state index contributed by atoms with van der Waals surface area (Å²) in [4.78, 5) is 32.2. The minimum Gasteiger partial charge on any atom is -0.478 e. The van der Waals surface area contributed by atoms with Gasteiger partial charge in [-0.25, -0.2) is 9.18 Å². The van der Waals surface area contributed by atoms with E-state index < -0.39 is 22.9 Å². The molecule has 5 N–H and O–H groups in total. The van der Waals surface area contributed by atoms with Crippen LogP contribution in [0, 0.1) is 5.82 Å². The number of H-pyrrole nitrogens is 2. The molecule has 0 saturated heterocycles. The number of nitrogen functional groups attached to an aromatic ring is 1. The molecular formula is C15H13FN4O3. The van der Waals surface area contributed by atoms with Crippen molar-refractivity contribution in [2.24, 2.45) is 0 Å². The number of aromatic amines is 2. The van der Waals surface area contributed by atoms with Crippen molar-refractivity contribution in [3.05, 3.63) is 57.3 Å². The Morgan fingerprint density at radius 1 is 1.43 bits per heavy atom. The fourth-order valence-electron chi connectivity index (χ4n) is 2.58. The number of carboxylic acids is 1. The van der Waals surface area contributed by atoms with Crippen LogP contribution >= 0.6 is 0 Å². The van der Waals surface area contributed by atoms with Crippen LogP contribution in [0.5, 0.6) is 0 Å². The van der Waals surface area contributed by atoms with Gasteiger partial charge in [-0.2, -0.15) is 4.98 Å². The molecule has 118 valence electrons. The number of benzene rings is 1. The van der Waals surface area contributed by atoms with E-state index in [4.69, 9.17) is 10.8 Å². The summed E-state index contributed by atoms with van der Waals surface area (Å²) in [5.41, 5.74) is 6.22. The van der Waals surface area contributed by atoms with E-state index >= 15 is 0 Å². The highest BCUT2D eigenvalue weighted by Gasteiger charge is 2.19. The van der Waals surface area contributed by atoms with Gasteiger partial charge in [0.1, 0.15) is 11.5 Å². The number of aromatic carboxylic acids is 1. The first kappa shape index (κ1) is 14.8. The number of hydrogen-bond acceptors (Lipinski definition) is 4. The van der Waals surface area contributed by atoms with Crippen LogP contribution in [0.4, 0.5) is 10.3 Å². The van der Waals surface area contributed by atoms with Crippen LogP contribution in [-0.4, -0.2) is 26.0 Å². The van der Waals surface area contributed by atoms with Crippen LogP contribution in [-0.2, 0) is 0 Å². The highest BCUT2D eigenvalue weighted by atomic mass is 19.1. The molecule has 0 saturated carbocycles. The van der Waals surface area contributed by atoms with E-state index in [1.165, 1.54) is 12.1 Å². The molecule has 1 aromatic carbocycles. The van der Waals surface area contributed by atoms with Crippen LogP contribution in [0.1, 0.15) is 34.3 Å². The summed E-state index contributed by atoms with van der Waals surface area (Å²) >= 11 is 0. The molecule has 0 aliphatic heterocycles. The largest absolute Gasteiger partial charge is 0.478 e. The quantitative estimate of drug-likeness (QED) is 0.586. The normalized spacial score (nSPS) is 12.4. The zero-order valence-electron chi connectivity index (χ0n) is 12.1. The molecular weight excluding hydrogens is 303 g/mol. The third-order valence-electron chi connectivity index (χ3n) is 3.78. The summed E-state index contributed by atoms with van der Waals surface area (Å²) in [6, 6.07) is 3.89. The third-order valence-corrected chi connectivity index (χ3v) is 3.78. The lowest BCUT2D eigenvalue weighted by atomic mass is 9.92. The maximum atomic E-state index is 13.9. The highest BCUT2D eigenvalue weighted by molar-refractivity contribution is 5.88. The Morgan fingerprint density at radius 3 is 2.83 bits per heavy atom. The molecule has 23 heavy (non-hydrogen) atoms. The smallest absolute Gasteiger partial charge is 0.338 e. The topological polar surface area (TPSA) is 125 Å². The Bertz CT molecular complexity index is 977. The van der Waals surface area contributed by atoms with Crippen molar-refractivity contribution in [1.82, 2.24) is 15.0 Å². The Hall–Kier alpha value is -3.16. The van der Waals surface area contributed by atoms with E-state index in [1.54, 1.807) is 13.1 Å². The molecule has 0 amide bonds. The zero-order valence-corrected chi connectivity index (χ0v) is 12.1.